The molecule has 34 heavy (non-hydrogen) atoms. The van der Waals surface area contributed by atoms with Gasteiger partial charge in [-0.05, 0) is 87.3 Å². The number of halogens is 2. The standard InChI is InChI=1S/C27H36ClNO4.ClH/c1-4-32-26(31)12-9-22-15-24(10-11-25(22)28)33-18-23(30)17-29-27(2,3)16-19-13-20-7-5-6-8-21(20)14-19;/h5-8,10-11,15,19,23,29-30H,4,9,12-14,16-18H2,1-3H3;1H. The van der Waals surface area contributed by atoms with Gasteiger partial charge < -0.3 is 19.9 Å². The Morgan fingerprint density at radius 1 is 1.21 bits per heavy atom. The van der Waals surface area contributed by atoms with E-state index in [1.807, 2.05) is 6.07 Å². The van der Waals surface area contributed by atoms with Crippen LogP contribution in [0.1, 0.15) is 50.3 Å². The Balaban J connectivity index is 0.00000408. The molecule has 0 spiro atoms. The average Bonchev–Trinajstić information content (AvgIpc) is 3.18. The first-order chi connectivity index (χ1) is 15.8. The van der Waals surface area contributed by atoms with Crippen LogP contribution in [0.3, 0.4) is 0 Å². The molecule has 1 aliphatic carbocycles. The summed E-state index contributed by atoms with van der Waals surface area (Å²) in [5, 5.41) is 14.6. The van der Waals surface area contributed by atoms with E-state index in [2.05, 4.69) is 43.4 Å². The fraction of sp³-hybridized carbons (Fsp3) is 0.519. The number of hydrogen-bond acceptors (Lipinski definition) is 5. The third-order valence-corrected chi connectivity index (χ3v) is 6.48. The number of hydrogen-bond donors (Lipinski definition) is 2. The van der Waals surface area contributed by atoms with Crippen LogP contribution < -0.4 is 10.1 Å². The normalized spacial score (nSPS) is 14.3. The third kappa shape index (κ3) is 8.77. The monoisotopic (exact) mass is 509 g/mol. The first-order valence-electron chi connectivity index (χ1n) is 11.8. The lowest BCUT2D eigenvalue weighted by atomic mass is 9.88. The highest BCUT2D eigenvalue weighted by Gasteiger charge is 2.28. The van der Waals surface area contributed by atoms with Gasteiger partial charge in [-0.2, -0.15) is 0 Å². The van der Waals surface area contributed by atoms with Gasteiger partial charge in [0.05, 0.1) is 6.61 Å². The topological polar surface area (TPSA) is 67.8 Å². The Kier molecular flexibility index (Phi) is 11.2. The molecule has 3 rings (SSSR count). The number of rotatable bonds is 12. The third-order valence-electron chi connectivity index (χ3n) is 6.11. The van der Waals surface area contributed by atoms with Crippen molar-refractivity contribution in [3.05, 3.63) is 64.2 Å². The Hall–Kier alpha value is -1.79. The van der Waals surface area contributed by atoms with Crippen molar-refractivity contribution in [1.29, 1.82) is 0 Å². The van der Waals surface area contributed by atoms with Gasteiger partial charge in [0.25, 0.3) is 0 Å². The van der Waals surface area contributed by atoms with Crippen molar-refractivity contribution < 1.29 is 19.4 Å². The minimum absolute atomic E-state index is 0. The Bertz CT molecular complexity index is 910. The quantitative estimate of drug-likeness (QED) is 0.386. The number of aryl methyl sites for hydroxylation is 1. The molecule has 0 radical (unpaired) electrons. The number of carbonyl (C=O) groups is 1. The zero-order valence-corrected chi connectivity index (χ0v) is 21.9. The molecule has 1 unspecified atom stereocenters. The number of aliphatic hydroxyl groups is 1. The van der Waals surface area contributed by atoms with Crippen molar-refractivity contribution >= 4 is 30.0 Å². The van der Waals surface area contributed by atoms with Gasteiger partial charge in [-0.15, -0.1) is 12.4 Å². The average molecular weight is 511 g/mol. The number of β-amino-alcohol motifs (C(OH)–C–C–N with tert-alkyl or cyclic N) is 1. The molecule has 0 amide bonds. The zero-order chi connectivity index (χ0) is 23.8. The van der Waals surface area contributed by atoms with Crippen molar-refractivity contribution in [3.63, 3.8) is 0 Å². The SMILES string of the molecule is CCOC(=O)CCc1cc(OCC(O)CNC(C)(C)CC2Cc3ccccc3C2)ccc1Cl.Cl. The smallest absolute Gasteiger partial charge is 0.306 e. The Morgan fingerprint density at radius 3 is 2.53 bits per heavy atom. The van der Waals surface area contributed by atoms with E-state index in [9.17, 15) is 9.90 Å². The summed E-state index contributed by atoms with van der Waals surface area (Å²) >= 11 is 6.25. The summed E-state index contributed by atoms with van der Waals surface area (Å²) in [7, 11) is 0. The summed E-state index contributed by atoms with van der Waals surface area (Å²) in [6.45, 7) is 7.17. The lowest BCUT2D eigenvalue weighted by molar-refractivity contribution is -0.143. The highest BCUT2D eigenvalue weighted by molar-refractivity contribution is 6.31. The van der Waals surface area contributed by atoms with Gasteiger partial charge in [0, 0.05) is 23.5 Å². The van der Waals surface area contributed by atoms with Crippen molar-refractivity contribution in [1.82, 2.24) is 5.32 Å². The molecule has 0 fully saturated rings. The largest absolute Gasteiger partial charge is 0.491 e. The van der Waals surface area contributed by atoms with E-state index in [1.54, 1.807) is 19.1 Å². The molecule has 1 aliphatic rings. The molecule has 0 saturated heterocycles. The predicted octanol–water partition coefficient (Wildman–Crippen LogP) is 5.17. The summed E-state index contributed by atoms with van der Waals surface area (Å²) in [5.41, 5.74) is 3.69. The second kappa shape index (κ2) is 13.3. The van der Waals surface area contributed by atoms with E-state index >= 15 is 0 Å². The second-order valence-electron chi connectivity index (χ2n) is 9.53. The van der Waals surface area contributed by atoms with Crippen LogP contribution >= 0.6 is 24.0 Å². The van der Waals surface area contributed by atoms with Crippen molar-refractivity contribution in [2.75, 3.05) is 19.8 Å². The second-order valence-corrected chi connectivity index (χ2v) is 9.94. The molecule has 0 aliphatic heterocycles. The molecule has 0 bridgehead atoms. The van der Waals surface area contributed by atoms with Crippen LogP contribution in [-0.2, 0) is 28.8 Å². The van der Waals surface area contributed by atoms with E-state index in [4.69, 9.17) is 21.1 Å². The molecule has 0 saturated carbocycles. The first-order valence-corrected chi connectivity index (χ1v) is 12.2. The van der Waals surface area contributed by atoms with Crippen molar-refractivity contribution in [3.8, 4) is 5.75 Å². The van der Waals surface area contributed by atoms with Crippen LogP contribution in [0.5, 0.6) is 5.75 Å². The van der Waals surface area contributed by atoms with E-state index < -0.39 is 6.10 Å². The number of aliphatic hydroxyl groups excluding tert-OH is 1. The maximum atomic E-state index is 11.6. The molecular formula is C27H37Cl2NO4. The Labute approximate surface area is 214 Å². The molecular weight excluding hydrogens is 473 g/mol. The molecule has 0 heterocycles. The van der Waals surface area contributed by atoms with Crippen LogP contribution in [-0.4, -0.2) is 42.5 Å². The molecule has 188 valence electrons. The van der Waals surface area contributed by atoms with Crippen LogP contribution in [0.2, 0.25) is 5.02 Å². The molecule has 0 aromatic heterocycles. The number of benzene rings is 2. The summed E-state index contributed by atoms with van der Waals surface area (Å²) in [4.78, 5) is 11.6. The molecule has 1 atom stereocenters. The maximum Gasteiger partial charge on any atom is 0.306 e. The maximum absolute atomic E-state index is 11.6. The van der Waals surface area contributed by atoms with Crippen LogP contribution in [0.25, 0.3) is 0 Å². The lowest BCUT2D eigenvalue weighted by Crippen LogP contribution is -2.46. The fourth-order valence-electron chi connectivity index (χ4n) is 4.54. The molecule has 7 heteroatoms. The van der Waals surface area contributed by atoms with Gasteiger partial charge in [0.15, 0.2) is 0 Å². The van der Waals surface area contributed by atoms with Crippen LogP contribution in [0, 0.1) is 5.92 Å². The van der Waals surface area contributed by atoms with Crippen molar-refractivity contribution in [2.24, 2.45) is 5.92 Å². The summed E-state index contributed by atoms with van der Waals surface area (Å²) in [6.07, 6.45) is 3.42. The number of nitrogens with one attached hydrogen (secondary N) is 1. The number of fused-ring (bicyclic) bond motifs is 1. The molecule has 2 N–H and O–H groups in total. The number of ether oxygens (including phenoxy) is 2. The fourth-order valence-corrected chi connectivity index (χ4v) is 4.75. The number of carbonyl (C=O) groups excluding carboxylic acids is 1. The van der Waals surface area contributed by atoms with E-state index in [1.165, 1.54) is 11.1 Å². The minimum Gasteiger partial charge on any atom is -0.491 e. The summed E-state index contributed by atoms with van der Waals surface area (Å²) in [5.74, 6) is 1.01. The van der Waals surface area contributed by atoms with Gasteiger partial charge >= 0.3 is 5.97 Å². The van der Waals surface area contributed by atoms with E-state index in [0.29, 0.717) is 36.3 Å². The van der Waals surface area contributed by atoms with Crippen LogP contribution in [0.4, 0.5) is 0 Å². The predicted molar refractivity (Wildman–Crippen MR) is 139 cm³/mol. The van der Waals surface area contributed by atoms with Crippen molar-refractivity contribution in [2.45, 2.75) is 64.5 Å². The summed E-state index contributed by atoms with van der Waals surface area (Å²) in [6, 6.07) is 14.0. The van der Waals surface area contributed by atoms with Gasteiger partial charge in [-0.1, -0.05) is 35.9 Å². The van der Waals surface area contributed by atoms with E-state index in [-0.39, 0.29) is 36.9 Å². The van der Waals surface area contributed by atoms with Crippen LogP contribution in [0.15, 0.2) is 42.5 Å². The molecule has 5 nitrogen and oxygen atoms in total. The lowest BCUT2D eigenvalue weighted by Gasteiger charge is -2.30. The molecule has 2 aromatic carbocycles. The van der Waals surface area contributed by atoms with Gasteiger partial charge in [-0.3, -0.25) is 4.79 Å². The first kappa shape index (κ1) is 28.4. The summed E-state index contributed by atoms with van der Waals surface area (Å²) < 4.78 is 10.8. The van der Waals surface area contributed by atoms with Gasteiger partial charge in [0.1, 0.15) is 18.5 Å². The van der Waals surface area contributed by atoms with E-state index in [0.717, 1.165) is 24.8 Å². The zero-order valence-electron chi connectivity index (χ0n) is 20.3. The highest BCUT2D eigenvalue weighted by atomic mass is 35.5. The molecule has 2 aromatic rings. The number of esters is 1. The Morgan fingerprint density at radius 2 is 1.88 bits per heavy atom. The highest BCUT2D eigenvalue weighted by Crippen LogP contribution is 2.32. The van der Waals surface area contributed by atoms with Gasteiger partial charge in [-0.25, -0.2) is 0 Å². The van der Waals surface area contributed by atoms with Gasteiger partial charge in [0.2, 0.25) is 0 Å². The minimum atomic E-state index is -0.635.